The van der Waals surface area contributed by atoms with Crippen LogP contribution in [0.25, 0.3) is 0 Å². The fraction of sp³-hybridized carbons (Fsp3) is 0.429. The normalized spacial score (nSPS) is 29.2. The van der Waals surface area contributed by atoms with Crippen molar-refractivity contribution in [2.45, 2.75) is 11.9 Å². The Morgan fingerprint density at radius 1 is 1.67 bits per heavy atom. The second-order valence-corrected chi connectivity index (χ2v) is 3.26. The van der Waals surface area contributed by atoms with Gasteiger partial charge in [0.1, 0.15) is 10.7 Å². The average Bonchev–Trinajstić information content (AvgIpc) is 1.96. The molecule has 0 spiro atoms. The Morgan fingerprint density at radius 3 is 2.83 bits per heavy atom. The lowest BCUT2D eigenvalue weighted by atomic mass is 10.1. The van der Waals surface area contributed by atoms with Crippen molar-refractivity contribution in [2.24, 2.45) is 21.6 Å². The quantitative estimate of drug-likeness (QED) is 0.417. The summed E-state index contributed by atoms with van der Waals surface area (Å²) in [4.78, 5) is 7.68. The van der Waals surface area contributed by atoms with Crippen LogP contribution in [0.3, 0.4) is 0 Å². The maximum atomic E-state index is 5.87. The number of halogens is 2. The molecular formula is C7H9Cl2N3. The molecule has 2 unspecified atom stereocenters. The maximum Gasteiger partial charge on any atom is 0.217 e. The summed E-state index contributed by atoms with van der Waals surface area (Å²) in [6, 6.07) is 0. The summed E-state index contributed by atoms with van der Waals surface area (Å²) in [5.74, 6) is 0.0541. The maximum absolute atomic E-state index is 5.87. The summed E-state index contributed by atoms with van der Waals surface area (Å²) in [7, 11) is 0. The third-order valence-corrected chi connectivity index (χ3v) is 2.30. The summed E-state index contributed by atoms with van der Waals surface area (Å²) >= 11 is 11.7. The molecular weight excluding hydrogens is 197 g/mol. The zero-order valence-corrected chi connectivity index (χ0v) is 7.89. The van der Waals surface area contributed by atoms with Crippen LogP contribution in [0.5, 0.6) is 0 Å². The molecule has 0 fully saturated rings. The number of hydrogen-bond acceptors (Lipinski definition) is 3. The van der Waals surface area contributed by atoms with E-state index >= 15 is 0 Å². The van der Waals surface area contributed by atoms with E-state index < -0.39 is 5.50 Å². The van der Waals surface area contributed by atoms with Gasteiger partial charge in [-0.2, -0.15) is 0 Å². The topological polar surface area (TPSA) is 50.7 Å². The minimum Gasteiger partial charge on any atom is -0.368 e. The fourth-order valence-electron chi connectivity index (χ4n) is 0.940. The molecule has 0 saturated carbocycles. The Balaban J connectivity index is 2.79. The zero-order chi connectivity index (χ0) is 9.14. The molecule has 2 N–H and O–H groups in total. The minimum atomic E-state index is -0.423. The number of nitrogens with two attached hydrogens (primary N) is 1. The lowest BCUT2D eigenvalue weighted by Crippen LogP contribution is -2.28. The van der Waals surface area contributed by atoms with Gasteiger partial charge in [-0.25, -0.2) is 9.98 Å². The lowest BCUT2D eigenvalue weighted by molar-refractivity contribution is 0.665. The first-order valence-electron chi connectivity index (χ1n) is 3.47. The molecule has 0 saturated heterocycles. The third kappa shape index (κ3) is 1.99. The molecule has 0 aromatic rings. The van der Waals surface area contributed by atoms with Crippen LogP contribution in [0.1, 0.15) is 6.42 Å². The lowest BCUT2D eigenvalue weighted by Gasteiger charge is -2.19. The SMILES string of the molecule is C=CCC1C(Cl)=NC(N)=NC1Cl. The number of alkyl halides is 1. The first kappa shape index (κ1) is 9.55. The fourth-order valence-corrected chi connectivity index (χ4v) is 1.62. The summed E-state index contributed by atoms with van der Waals surface area (Å²) in [5, 5.41) is 0.405. The summed E-state index contributed by atoms with van der Waals surface area (Å²) in [6.45, 7) is 3.59. The Labute approximate surface area is 81.0 Å². The van der Waals surface area contributed by atoms with Crippen molar-refractivity contribution in [1.29, 1.82) is 0 Å². The molecule has 0 aliphatic carbocycles. The van der Waals surface area contributed by atoms with Gasteiger partial charge < -0.3 is 5.73 Å². The predicted octanol–water partition coefficient (Wildman–Crippen LogP) is 1.71. The van der Waals surface area contributed by atoms with Crippen LogP contribution in [-0.2, 0) is 0 Å². The van der Waals surface area contributed by atoms with Crippen LogP contribution in [0.15, 0.2) is 22.6 Å². The summed E-state index contributed by atoms with van der Waals surface area (Å²) < 4.78 is 0. The van der Waals surface area contributed by atoms with Crippen molar-refractivity contribution in [1.82, 2.24) is 0 Å². The van der Waals surface area contributed by atoms with Crippen LogP contribution in [-0.4, -0.2) is 16.6 Å². The average molecular weight is 206 g/mol. The third-order valence-electron chi connectivity index (χ3n) is 1.54. The largest absolute Gasteiger partial charge is 0.368 e. The smallest absolute Gasteiger partial charge is 0.217 e. The van der Waals surface area contributed by atoms with Gasteiger partial charge in [0.25, 0.3) is 0 Å². The number of rotatable bonds is 2. The highest BCUT2D eigenvalue weighted by molar-refractivity contribution is 6.67. The number of guanidine groups is 1. The Kier molecular flexibility index (Phi) is 3.12. The van der Waals surface area contributed by atoms with Crippen molar-refractivity contribution >= 4 is 34.3 Å². The second-order valence-electron chi connectivity index (χ2n) is 2.43. The molecule has 1 aliphatic heterocycles. The molecule has 12 heavy (non-hydrogen) atoms. The van der Waals surface area contributed by atoms with Crippen molar-refractivity contribution < 1.29 is 0 Å². The van der Waals surface area contributed by atoms with Gasteiger partial charge in [0, 0.05) is 0 Å². The first-order chi connectivity index (χ1) is 5.65. The van der Waals surface area contributed by atoms with Gasteiger partial charge in [-0.1, -0.05) is 29.3 Å². The van der Waals surface area contributed by atoms with Crippen LogP contribution in [0.4, 0.5) is 0 Å². The van der Waals surface area contributed by atoms with E-state index in [1.807, 2.05) is 0 Å². The van der Waals surface area contributed by atoms with Crippen LogP contribution < -0.4 is 5.73 Å². The molecule has 1 aliphatic rings. The van der Waals surface area contributed by atoms with Gasteiger partial charge in [0.15, 0.2) is 0 Å². The molecule has 5 heteroatoms. The van der Waals surface area contributed by atoms with Crippen LogP contribution >= 0.6 is 23.2 Å². The second kappa shape index (κ2) is 3.92. The highest BCUT2D eigenvalue weighted by Crippen LogP contribution is 2.23. The highest BCUT2D eigenvalue weighted by atomic mass is 35.5. The first-order valence-corrected chi connectivity index (χ1v) is 4.29. The van der Waals surface area contributed by atoms with Gasteiger partial charge in [0.05, 0.1) is 5.92 Å². The van der Waals surface area contributed by atoms with E-state index in [0.717, 1.165) is 0 Å². The molecule has 2 atom stereocenters. The van der Waals surface area contributed by atoms with Gasteiger partial charge in [-0.15, -0.1) is 6.58 Å². The van der Waals surface area contributed by atoms with Crippen molar-refractivity contribution in [3.8, 4) is 0 Å². The van der Waals surface area contributed by atoms with Gasteiger partial charge in [-0.3, -0.25) is 0 Å². The highest BCUT2D eigenvalue weighted by Gasteiger charge is 2.25. The van der Waals surface area contributed by atoms with Crippen molar-refractivity contribution in [3.63, 3.8) is 0 Å². The van der Waals surface area contributed by atoms with E-state index in [1.54, 1.807) is 6.08 Å². The van der Waals surface area contributed by atoms with E-state index in [2.05, 4.69) is 16.6 Å². The van der Waals surface area contributed by atoms with Crippen LogP contribution in [0, 0.1) is 5.92 Å². The molecule has 0 amide bonds. The molecule has 66 valence electrons. The van der Waals surface area contributed by atoms with E-state index in [9.17, 15) is 0 Å². The Morgan fingerprint density at radius 2 is 2.33 bits per heavy atom. The Bertz CT molecular complexity index is 247. The van der Waals surface area contributed by atoms with Crippen molar-refractivity contribution in [2.75, 3.05) is 0 Å². The van der Waals surface area contributed by atoms with E-state index in [-0.39, 0.29) is 11.9 Å². The molecule has 1 heterocycles. The monoisotopic (exact) mass is 205 g/mol. The molecule has 0 radical (unpaired) electrons. The van der Waals surface area contributed by atoms with E-state index in [0.29, 0.717) is 11.6 Å². The molecule has 0 bridgehead atoms. The summed E-state index contributed by atoms with van der Waals surface area (Å²) in [6.07, 6.45) is 2.39. The predicted molar refractivity (Wildman–Crippen MR) is 52.9 cm³/mol. The minimum absolute atomic E-state index is 0.0851. The summed E-state index contributed by atoms with van der Waals surface area (Å²) in [5.41, 5.74) is 4.92. The molecule has 0 aromatic heterocycles. The number of aliphatic imine (C=N–C) groups is 2. The molecule has 1 rings (SSSR count). The molecule has 0 aromatic carbocycles. The van der Waals surface area contributed by atoms with Gasteiger partial charge >= 0.3 is 0 Å². The van der Waals surface area contributed by atoms with Crippen LogP contribution in [0.2, 0.25) is 0 Å². The van der Waals surface area contributed by atoms with E-state index in [4.69, 9.17) is 28.9 Å². The van der Waals surface area contributed by atoms with Gasteiger partial charge in [0.2, 0.25) is 5.96 Å². The standard InChI is InChI=1S/C7H9Cl2N3/c1-2-3-4-5(8)11-7(10)12-6(4)9/h2,4-5H,1,3H2,(H2,10,11). The van der Waals surface area contributed by atoms with Crippen molar-refractivity contribution in [3.05, 3.63) is 12.7 Å². The van der Waals surface area contributed by atoms with E-state index in [1.165, 1.54) is 0 Å². The van der Waals surface area contributed by atoms with Gasteiger partial charge in [-0.05, 0) is 6.42 Å². The molecule has 3 nitrogen and oxygen atoms in total. The number of hydrogen-bond donors (Lipinski definition) is 1. The number of allylic oxidation sites excluding steroid dienone is 1. The number of nitrogens with zero attached hydrogens (tertiary/aromatic N) is 2. The zero-order valence-electron chi connectivity index (χ0n) is 6.37. The Hall–Kier alpha value is -0.540.